The van der Waals surface area contributed by atoms with Gasteiger partial charge in [-0.1, -0.05) is 28.9 Å². The number of esters is 1. The molecule has 3 rings (SSSR count). The molecule has 1 amide bonds. The standard InChI is InChI=1S/C20H24ClN3O4/c1-14-16(15(2)28-22-14)7-8-20(26)27-13-19(25)24-11-9-23(10-12-24)18-6-4-3-5-17(18)21/h3-6H,7-13H2,1-2H3. The molecule has 1 saturated heterocycles. The van der Waals surface area contributed by atoms with Gasteiger partial charge in [0.2, 0.25) is 0 Å². The predicted octanol–water partition coefficient (Wildman–Crippen LogP) is 2.77. The molecule has 1 fully saturated rings. The lowest BCUT2D eigenvalue weighted by molar-refractivity contribution is -0.152. The van der Waals surface area contributed by atoms with Gasteiger partial charge >= 0.3 is 5.97 Å². The van der Waals surface area contributed by atoms with E-state index in [2.05, 4.69) is 10.1 Å². The highest BCUT2D eigenvalue weighted by Gasteiger charge is 2.23. The van der Waals surface area contributed by atoms with Crippen molar-refractivity contribution in [3.05, 3.63) is 46.3 Å². The molecule has 1 aliphatic rings. The second kappa shape index (κ2) is 9.10. The van der Waals surface area contributed by atoms with E-state index < -0.39 is 5.97 Å². The van der Waals surface area contributed by atoms with E-state index in [1.54, 1.807) is 4.90 Å². The van der Waals surface area contributed by atoms with Gasteiger partial charge in [0, 0.05) is 38.2 Å². The molecule has 0 atom stereocenters. The number of nitrogens with zero attached hydrogens (tertiary/aromatic N) is 3. The van der Waals surface area contributed by atoms with Crippen molar-refractivity contribution < 1.29 is 18.8 Å². The number of amides is 1. The van der Waals surface area contributed by atoms with Gasteiger partial charge in [-0.25, -0.2) is 0 Å². The van der Waals surface area contributed by atoms with Crippen LogP contribution in [0.25, 0.3) is 0 Å². The molecule has 0 aliphatic carbocycles. The van der Waals surface area contributed by atoms with E-state index in [0.29, 0.717) is 43.4 Å². The van der Waals surface area contributed by atoms with Gasteiger partial charge in [0.15, 0.2) is 6.61 Å². The quantitative estimate of drug-likeness (QED) is 0.688. The van der Waals surface area contributed by atoms with E-state index >= 15 is 0 Å². The molecule has 0 unspecified atom stereocenters. The first-order chi connectivity index (χ1) is 13.5. The van der Waals surface area contributed by atoms with Crippen LogP contribution >= 0.6 is 11.6 Å². The van der Waals surface area contributed by atoms with Crippen LogP contribution in [0, 0.1) is 13.8 Å². The Kier molecular flexibility index (Phi) is 6.57. The van der Waals surface area contributed by atoms with Gasteiger partial charge in [0.1, 0.15) is 5.76 Å². The third-order valence-electron chi connectivity index (χ3n) is 4.94. The number of para-hydroxylation sites is 1. The van der Waals surface area contributed by atoms with Gasteiger partial charge in [-0.2, -0.15) is 0 Å². The number of hydrogen-bond acceptors (Lipinski definition) is 6. The molecular formula is C20H24ClN3O4. The molecule has 0 spiro atoms. The van der Waals surface area contributed by atoms with Crippen LogP contribution < -0.4 is 4.90 Å². The number of hydrogen-bond donors (Lipinski definition) is 0. The van der Waals surface area contributed by atoms with Crippen LogP contribution in [0.5, 0.6) is 0 Å². The summed E-state index contributed by atoms with van der Waals surface area (Å²) in [5.41, 5.74) is 2.67. The van der Waals surface area contributed by atoms with Crippen molar-refractivity contribution in [3.8, 4) is 0 Å². The first kappa shape index (κ1) is 20.2. The monoisotopic (exact) mass is 405 g/mol. The Morgan fingerprint density at radius 2 is 1.89 bits per heavy atom. The SMILES string of the molecule is Cc1noc(C)c1CCC(=O)OCC(=O)N1CCN(c2ccccc2Cl)CC1. The molecule has 2 aromatic rings. The Hall–Kier alpha value is -2.54. The minimum absolute atomic E-state index is 0.176. The Bertz CT molecular complexity index is 824. The number of benzene rings is 1. The molecule has 1 aromatic heterocycles. The van der Waals surface area contributed by atoms with Crippen molar-refractivity contribution in [1.82, 2.24) is 10.1 Å². The lowest BCUT2D eigenvalue weighted by atomic mass is 10.1. The fraction of sp³-hybridized carbons (Fsp3) is 0.450. The lowest BCUT2D eigenvalue weighted by Gasteiger charge is -2.36. The van der Waals surface area contributed by atoms with Gasteiger partial charge in [-0.3, -0.25) is 9.59 Å². The number of anilines is 1. The number of carbonyl (C=O) groups excluding carboxylic acids is 2. The topological polar surface area (TPSA) is 75.9 Å². The molecule has 0 radical (unpaired) electrons. The van der Waals surface area contributed by atoms with Crippen molar-refractivity contribution in [3.63, 3.8) is 0 Å². The third-order valence-corrected chi connectivity index (χ3v) is 5.26. The van der Waals surface area contributed by atoms with E-state index in [1.807, 2.05) is 38.1 Å². The Morgan fingerprint density at radius 3 is 2.54 bits per heavy atom. The maximum atomic E-state index is 12.3. The largest absolute Gasteiger partial charge is 0.456 e. The summed E-state index contributed by atoms with van der Waals surface area (Å²) in [6, 6.07) is 7.67. The van der Waals surface area contributed by atoms with Crippen LogP contribution in [0.3, 0.4) is 0 Å². The van der Waals surface area contributed by atoms with Crippen LogP contribution in [-0.2, 0) is 20.7 Å². The zero-order valence-electron chi connectivity index (χ0n) is 16.1. The lowest BCUT2D eigenvalue weighted by Crippen LogP contribution is -2.50. The van der Waals surface area contributed by atoms with Gasteiger partial charge < -0.3 is 19.1 Å². The summed E-state index contributed by atoms with van der Waals surface area (Å²) in [6.45, 7) is 5.94. The molecular weight excluding hydrogens is 382 g/mol. The maximum Gasteiger partial charge on any atom is 0.306 e. The number of rotatable bonds is 6. The van der Waals surface area contributed by atoms with E-state index in [-0.39, 0.29) is 18.9 Å². The zero-order chi connectivity index (χ0) is 20.1. The molecule has 1 aliphatic heterocycles. The maximum absolute atomic E-state index is 12.3. The van der Waals surface area contributed by atoms with Crippen molar-refractivity contribution >= 4 is 29.2 Å². The number of ether oxygens (including phenoxy) is 1. The first-order valence-corrected chi connectivity index (χ1v) is 9.68. The summed E-state index contributed by atoms with van der Waals surface area (Å²) in [7, 11) is 0. The molecule has 0 N–H and O–H groups in total. The smallest absolute Gasteiger partial charge is 0.306 e. The van der Waals surface area contributed by atoms with Crippen LogP contribution in [0.1, 0.15) is 23.4 Å². The van der Waals surface area contributed by atoms with Gasteiger partial charge in [-0.15, -0.1) is 0 Å². The highest BCUT2D eigenvalue weighted by molar-refractivity contribution is 6.33. The molecule has 8 heteroatoms. The van der Waals surface area contributed by atoms with Crippen molar-refractivity contribution in [2.45, 2.75) is 26.7 Å². The van der Waals surface area contributed by atoms with Crippen LogP contribution in [0.2, 0.25) is 5.02 Å². The highest BCUT2D eigenvalue weighted by atomic mass is 35.5. The molecule has 7 nitrogen and oxygen atoms in total. The summed E-state index contributed by atoms with van der Waals surface area (Å²) in [4.78, 5) is 28.2. The van der Waals surface area contributed by atoms with E-state index in [4.69, 9.17) is 20.9 Å². The second-order valence-electron chi connectivity index (χ2n) is 6.78. The van der Waals surface area contributed by atoms with Crippen LogP contribution in [0.15, 0.2) is 28.8 Å². The molecule has 2 heterocycles. The van der Waals surface area contributed by atoms with Crippen molar-refractivity contribution in [2.75, 3.05) is 37.7 Å². The van der Waals surface area contributed by atoms with Crippen molar-refractivity contribution in [1.29, 1.82) is 0 Å². The molecule has 150 valence electrons. The van der Waals surface area contributed by atoms with E-state index in [9.17, 15) is 9.59 Å². The first-order valence-electron chi connectivity index (χ1n) is 9.30. The second-order valence-corrected chi connectivity index (χ2v) is 7.19. The minimum Gasteiger partial charge on any atom is -0.456 e. The average Bonchev–Trinajstić information content (AvgIpc) is 3.02. The van der Waals surface area contributed by atoms with Crippen LogP contribution in [-0.4, -0.2) is 54.7 Å². The Labute approximate surface area is 169 Å². The number of carbonyl (C=O) groups is 2. The third kappa shape index (κ3) is 4.84. The number of aryl methyl sites for hydroxylation is 2. The average molecular weight is 406 g/mol. The number of piperazine rings is 1. The Balaban J connectivity index is 1.41. The summed E-state index contributed by atoms with van der Waals surface area (Å²) in [6.07, 6.45) is 0.682. The summed E-state index contributed by atoms with van der Waals surface area (Å²) < 4.78 is 10.2. The summed E-state index contributed by atoms with van der Waals surface area (Å²) in [5.74, 6) is 0.130. The molecule has 28 heavy (non-hydrogen) atoms. The fourth-order valence-electron chi connectivity index (χ4n) is 3.30. The van der Waals surface area contributed by atoms with E-state index in [0.717, 1.165) is 16.9 Å². The fourth-order valence-corrected chi connectivity index (χ4v) is 3.55. The summed E-state index contributed by atoms with van der Waals surface area (Å²) >= 11 is 6.24. The summed E-state index contributed by atoms with van der Waals surface area (Å²) in [5, 5.41) is 4.57. The van der Waals surface area contributed by atoms with Gasteiger partial charge in [-0.05, 0) is 32.4 Å². The van der Waals surface area contributed by atoms with E-state index in [1.165, 1.54) is 0 Å². The predicted molar refractivity (Wildman–Crippen MR) is 106 cm³/mol. The number of aromatic nitrogens is 1. The van der Waals surface area contributed by atoms with Gasteiger partial charge in [0.05, 0.1) is 16.4 Å². The number of halogens is 1. The normalized spacial score (nSPS) is 14.2. The Morgan fingerprint density at radius 1 is 1.18 bits per heavy atom. The van der Waals surface area contributed by atoms with Gasteiger partial charge in [0.25, 0.3) is 5.91 Å². The zero-order valence-corrected chi connectivity index (χ0v) is 16.9. The molecule has 1 aromatic carbocycles. The van der Waals surface area contributed by atoms with Crippen LogP contribution in [0.4, 0.5) is 5.69 Å². The molecule has 0 bridgehead atoms. The minimum atomic E-state index is -0.400. The van der Waals surface area contributed by atoms with Crippen molar-refractivity contribution in [2.24, 2.45) is 0 Å². The molecule has 0 saturated carbocycles. The highest BCUT2D eigenvalue weighted by Crippen LogP contribution is 2.26.